The Bertz CT molecular complexity index is 2770. The fourth-order valence-corrected chi connectivity index (χ4v) is 10.3. The van der Waals surface area contributed by atoms with E-state index in [9.17, 15) is 0 Å². The summed E-state index contributed by atoms with van der Waals surface area (Å²) in [6, 6.07) is 54.3. The highest BCUT2D eigenvalue weighted by Gasteiger charge is 2.15. The van der Waals surface area contributed by atoms with Gasteiger partial charge in [-0.2, -0.15) is 0 Å². The zero-order valence-electron chi connectivity index (χ0n) is 24.1. The van der Waals surface area contributed by atoms with Gasteiger partial charge in [0.2, 0.25) is 0 Å². The monoisotopic (exact) mass is 624 g/mol. The van der Waals surface area contributed by atoms with Crippen molar-refractivity contribution in [2.24, 2.45) is 0 Å². The quantitative estimate of drug-likeness (QED) is 0.183. The van der Waals surface area contributed by atoms with E-state index in [1.807, 2.05) is 34.0 Å². The number of thiophene rings is 3. The summed E-state index contributed by atoms with van der Waals surface area (Å²) < 4.78 is 8.01. The van der Waals surface area contributed by atoms with Crippen molar-refractivity contribution in [3.05, 3.63) is 146 Å². The summed E-state index contributed by atoms with van der Waals surface area (Å²) in [7, 11) is 0. The van der Waals surface area contributed by atoms with Crippen molar-refractivity contribution < 1.29 is 0 Å². The molecule has 0 spiro atoms. The van der Waals surface area contributed by atoms with Gasteiger partial charge in [-0.1, -0.05) is 84.9 Å². The Balaban J connectivity index is 1.24. The molecule has 0 fully saturated rings. The van der Waals surface area contributed by atoms with E-state index >= 15 is 0 Å². The Morgan fingerprint density at radius 2 is 0.778 bits per heavy atom. The number of hydrogen-bond acceptors (Lipinski definition) is 3. The molecule has 0 saturated heterocycles. The van der Waals surface area contributed by atoms with Crippen molar-refractivity contribution in [3.8, 4) is 33.4 Å². The SMILES string of the molecule is c1ccc2c(c1)sc1cc(-c3cc(-c4ccc5sc6ccccc6c5c4)cc(-c4cccc5sc6ccccc6c45)c3)ccc12. The molecule has 0 atom stereocenters. The van der Waals surface area contributed by atoms with E-state index in [4.69, 9.17) is 0 Å². The van der Waals surface area contributed by atoms with Crippen molar-refractivity contribution in [2.45, 2.75) is 0 Å². The molecule has 0 unspecified atom stereocenters. The third kappa shape index (κ3) is 4.02. The van der Waals surface area contributed by atoms with Gasteiger partial charge in [-0.15, -0.1) is 34.0 Å². The van der Waals surface area contributed by atoms with Gasteiger partial charge in [0.05, 0.1) is 0 Å². The third-order valence-electron chi connectivity index (χ3n) is 9.07. The van der Waals surface area contributed by atoms with Crippen LogP contribution >= 0.6 is 34.0 Å². The summed E-state index contributed by atoms with van der Waals surface area (Å²) in [5.41, 5.74) is 7.53. The number of rotatable bonds is 3. The van der Waals surface area contributed by atoms with Crippen LogP contribution in [0.4, 0.5) is 0 Å². The second-order valence-corrected chi connectivity index (χ2v) is 14.9. The molecule has 0 aliphatic heterocycles. The molecule has 0 aliphatic carbocycles. The standard InChI is InChI=1S/C42H24S3/c1-4-12-36-31(8-1)33-18-16-26(24-41(33)45-36)28-20-27(25-17-19-39-35(23-25)32-9-2-5-13-37(32)43-39)21-29(22-28)30-11-7-15-40-42(30)34-10-3-6-14-38(34)44-40/h1-24H. The molecule has 3 aromatic heterocycles. The van der Waals surface area contributed by atoms with Crippen LogP contribution in [0.25, 0.3) is 93.9 Å². The summed E-state index contributed by atoms with van der Waals surface area (Å²) in [6.07, 6.45) is 0. The van der Waals surface area contributed by atoms with Gasteiger partial charge in [0, 0.05) is 60.5 Å². The highest BCUT2D eigenvalue weighted by atomic mass is 32.1. The van der Waals surface area contributed by atoms with Crippen LogP contribution in [-0.2, 0) is 0 Å². The lowest BCUT2D eigenvalue weighted by Gasteiger charge is -2.13. The van der Waals surface area contributed by atoms with E-state index in [-0.39, 0.29) is 0 Å². The van der Waals surface area contributed by atoms with Gasteiger partial charge in [-0.3, -0.25) is 0 Å². The highest BCUT2D eigenvalue weighted by molar-refractivity contribution is 7.26. The number of fused-ring (bicyclic) bond motifs is 9. The van der Waals surface area contributed by atoms with Gasteiger partial charge in [0.1, 0.15) is 0 Å². The van der Waals surface area contributed by atoms with Crippen LogP contribution in [0.3, 0.4) is 0 Å². The Labute approximate surface area is 272 Å². The lowest BCUT2D eigenvalue weighted by molar-refractivity contribution is 1.61. The maximum atomic E-state index is 2.40. The molecular formula is C42H24S3. The van der Waals surface area contributed by atoms with Crippen LogP contribution in [0.2, 0.25) is 0 Å². The van der Waals surface area contributed by atoms with E-state index in [1.165, 1.54) is 93.9 Å². The third-order valence-corrected chi connectivity index (χ3v) is 12.5. The summed E-state index contributed by atoms with van der Waals surface area (Å²) >= 11 is 5.64. The molecule has 45 heavy (non-hydrogen) atoms. The normalized spacial score (nSPS) is 12.0. The molecule has 10 aromatic rings. The van der Waals surface area contributed by atoms with Gasteiger partial charge < -0.3 is 0 Å². The van der Waals surface area contributed by atoms with E-state index < -0.39 is 0 Å². The first kappa shape index (κ1) is 25.5. The number of benzene rings is 7. The second kappa shape index (κ2) is 9.85. The first-order valence-corrected chi connectivity index (χ1v) is 17.6. The fraction of sp³-hybridized carbons (Fsp3) is 0. The Morgan fingerprint density at radius 3 is 1.56 bits per heavy atom. The summed E-state index contributed by atoms with van der Waals surface area (Å²) in [5, 5.41) is 8.02. The average Bonchev–Trinajstić information content (AvgIpc) is 3.78. The lowest BCUT2D eigenvalue weighted by atomic mass is 9.91. The minimum Gasteiger partial charge on any atom is -0.135 e. The molecule has 0 N–H and O–H groups in total. The molecule has 0 nitrogen and oxygen atoms in total. The molecule has 0 amide bonds. The Kier molecular flexibility index (Phi) is 5.59. The Hall–Kier alpha value is -4.80. The van der Waals surface area contributed by atoms with E-state index in [2.05, 4.69) is 146 Å². The molecule has 3 heteroatoms. The second-order valence-electron chi connectivity index (χ2n) is 11.7. The predicted octanol–water partition coefficient (Wildman–Crippen LogP) is 13.8. The molecule has 10 rings (SSSR count). The van der Waals surface area contributed by atoms with E-state index in [0.717, 1.165) is 0 Å². The van der Waals surface area contributed by atoms with Crippen molar-refractivity contribution in [2.75, 3.05) is 0 Å². The zero-order valence-corrected chi connectivity index (χ0v) is 26.5. The van der Waals surface area contributed by atoms with Gasteiger partial charge in [-0.05, 0) is 94.0 Å². The summed E-state index contributed by atoms with van der Waals surface area (Å²) in [6.45, 7) is 0. The molecule has 0 saturated carbocycles. The van der Waals surface area contributed by atoms with Crippen LogP contribution in [-0.4, -0.2) is 0 Å². The maximum absolute atomic E-state index is 2.40. The van der Waals surface area contributed by atoms with Crippen LogP contribution in [0.5, 0.6) is 0 Å². The van der Waals surface area contributed by atoms with Gasteiger partial charge in [0.25, 0.3) is 0 Å². The van der Waals surface area contributed by atoms with Crippen LogP contribution in [0.1, 0.15) is 0 Å². The van der Waals surface area contributed by atoms with Crippen molar-refractivity contribution >= 4 is 94.5 Å². The summed E-state index contributed by atoms with van der Waals surface area (Å²) in [5.74, 6) is 0. The summed E-state index contributed by atoms with van der Waals surface area (Å²) in [4.78, 5) is 0. The minimum absolute atomic E-state index is 1.24. The first-order chi connectivity index (χ1) is 22.3. The Morgan fingerprint density at radius 1 is 0.267 bits per heavy atom. The highest BCUT2D eigenvalue weighted by Crippen LogP contribution is 2.44. The molecule has 0 aliphatic rings. The number of hydrogen-bond donors (Lipinski definition) is 0. The van der Waals surface area contributed by atoms with Crippen LogP contribution in [0, 0.1) is 0 Å². The minimum atomic E-state index is 1.24. The van der Waals surface area contributed by atoms with Gasteiger partial charge >= 0.3 is 0 Å². The molecular weight excluding hydrogens is 601 g/mol. The van der Waals surface area contributed by atoms with Crippen molar-refractivity contribution in [1.29, 1.82) is 0 Å². The van der Waals surface area contributed by atoms with E-state index in [0.29, 0.717) is 0 Å². The average molecular weight is 625 g/mol. The largest absolute Gasteiger partial charge is 0.135 e. The smallest absolute Gasteiger partial charge is 0.0361 e. The van der Waals surface area contributed by atoms with Crippen molar-refractivity contribution in [1.82, 2.24) is 0 Å². The lowest BCUT2D eigenvalue weighted by Crippen LogP contribution is -1.87. The molecule has 0 radical (unpaired) electrons. The first-order valence-electron chi connectivity index (χ1n) is 15.2. The van der Waals surface area contributed by atoms with Crippen LogP contribution in [0.15, 0.2) is 146 Å². The van der Waals surface area contributed by atoms with E-state index in [1.54, 1.807) is 0 Å². The van der Waals surface area contributed by atoms with Gasteiger partial charge in [-0.25, -0.2) is 0 Å². The maximum Gasteiger partial charge on any atom is 0.0361 e. The predicted molar refractivity (Wildman–Crippen MR) is 201 cm³/mol. The van der Waals surface area contributed by atoms with Crippen LogP contribution < -0.4 is 0 Å². The zero-order chi connectivity index (χ0) is 29.5. The van der Waals surface area contributed by atoms with Crippen molar-refractivity contribution in [3.63, 3.8) is 0 Å². The van der Waals surface area contributed by atoms with Gasteiger partial charge in [0.15, 0.2) is 0 Å². The molecule has 210 valence electrons. The fourth-order valence-electron chi connectivity index (χ4n) is 6.94. The molecule has 0 bridgehead atoms. The molecule has 7 aromatic carbocycles. The molecule has 3 heterocycles. The topological polar surface area (TPSA) is 0 Å².